The molecule has 104 valence electrons. The number of likely N-dealkylation sites (tertiary alicyclic amines) is 1. The molecule has 2 rings (SSSR count). The van der Waals surface area contributed by atoms with E-state index in [0.717, 1.165) is 38.0 Å². The quantitative estimate of drug-likeness (QED) is 0.886. The van der Waals surface area contributed by atoms with Gasteiger partial charge in [-0.15, -0.1) is 0 Å². The minimum Gasteiger partial charge on any atom is -0.445 e. The van der Waals surface area contributed by atoms with Gasteiger partial charge in [-0.3, -0.25) is 0 Å². The molecule has 1 amide bonds. The highest BCUT2D eigenvalue weighted by atomic mass is 16.6. The molecule has 0 aliphatic carbocycles. The molecular weight excluding hydrogens is 240 g/mol. The highest BCUT2D eigenvalue weighted by Gasteiger charge is 2.29. The Bertz CT molecular complexity index is 394. The molecule has 1 saturated heterocycles. The number of nitrogens with one attached hydrogen (secondary N) is 1. The first-order chi connectivity index (χ1) is 9.31. The van der Waals surface area contributed by atoms with Crippen LogP contribution in [0.5, 0.6) is 0 Å². The van der Waals surface area contributed by atoms with Gasteiger partial charge in [0, 0.05) is 19.1 Å². The van der Waals surface area contributed by atoms with Crippen molar-refractivity contribution in [3.05, 3.63) is 35.9 Å². The van der Waals surface area contributed by atoms with Crippen LogP contribution in [0.2, 0.25) is 0 Å². The van der Waals surface area contributed by atoms with Crippen LogP contribution in [-0.4, -0.2) is 36.7 Å². The van der Waals surface area contributed by atoms with Gasteiger partial charge in [0.2, 0.25) is 0 Å². The van der Waals surface area contributed by atoms with Crippen molar-refractivity contribution >= 4 is 6.09 Å². The van der Waals surface area contributed by atoms with E-state index in [9.17, 15) is 4.79 Å². The lowest BCUT2D eigenvalue weighted by molar-refractivity contribution is 0.0920. The minimum absolute atomic E-state index is 0.191. The molecule has 19 heavy (non-hydrogen) atoms. The normalized spacial score (nSPS) is 18.6. The maximum Gasteiger partial charge on any atom is 0.410 e. The zero-order valence-corrected chi connectivity index (χ0v) is 11.5. The van der Waals surface area contributed by atoms with Crippen LogP contribution < -0.4 is 5.32 Å². The average molecular weight is 262 g/mol. The summed E-state index contributed by atoms with van der Waals surface area (Å²) in [7, 11) is 0. The fourth-order valence-electron chi connectivity index (χ4n) is 2.40. The Morgan fingerprint density at radius 1 is 1.42 bits per heavy atom. The summed E-state index contributed by atoms with van der Waals surface area (Å²) in [4.78, 5) is 13.9. The number of carbonyl (C=O) groups excluding carboxylic acids is 1. The predicted molar refractivity (Wildman–Crippen MR) is 74.9 cm³/mol. The summed E-state index contributed by atoms with van der Waals surface area (Å²) >= 11 is 0. The average Bonchev–Trinajstić information content (AvgIpc) is 2.92. The Hall–Kier alpha value is -1.55. The first-order valence-electron chi connectivity index (χ1n) is 6.99. The Labute approximate surface area is 114 Å². The van der Waals surface area contributed by atoms with E-state index in [2.05, 4.69) is 12.2 Å². The third kappa shape index (κ3) is 3.96. The van der Waals surface area contributed by atoms with Gasteiger partial charge in [0.05, 0.1) is 0 Å². The molecule has 0 saturated carbocycles. The van der Waals surface area contributed by atoms with Gasteiger partial charge in [-0.2, -0.15) is 0 Å². The lowest BCUT2D eigenvalue weighted by atomic mass is 10.2. The molecule has 1 atom stereocenters. The maximum atomic E-state index is 12.1. The molecule has 1 fully saturated rings. The molecule has 4 heteroatoms. The molecule has 1 unspecified atom stereocenters. The van der Waals surface area contributed by atoms with E-state index in [1.54, 1.807) is 0 Å². The second kappa shape index (κ2) is 7.14. The van der Waals surface area contributed by atoms with Gasteiger partial charge >= 0.3 is 6.09 Å². The van der Waals surface area contributed by atoms with Gasteiger partial charge in [0.15, 0.2) is 0 Å². The summed E-state index contributed by atoms with van der Waals surface area (Å²) < 4.78 is 5.38. The topological polar surface area (TPSA) is 41.6 Å². The van der Waals surface area contributed by atoms with Crippen molar-refractivity contribution in [2.24, 2.45) is 0 Å². The molecule has 1 aromatic carbocycles. The molecular formula is C15H22N2O2. The molecule has 0 spiro atoms. The third-order valence-corrected chi connectivity index (χ3v) is 3.45. The van der Waals surface area contributed by atoms with E-state index in [1.807, 2.05) is 35.2 Å². The number of benzene rings is 1. The highest BCUT2D eigenvalue weighted by molar-refractivity contribution is 5.68. The van der Waals surface area contributed by atoms with Crippen molar-refractivity contribution in [1.29, 1.82) is 0 Å². The number of nitrogens with zero attached hydrogens (tertiary/aromatic N) is 1. The molecule has 4 nitrogen and oxygen atoms in total. The third-order valence-electron chi connectivity index (χ3n) is 3.45. The molecule has 1 aliphatic heterocycles. The van der Waals surface area contributed by atoms with Crippen molar-refractivity contribution < 1.29 is 9.53 Å². The van der Waals surface area contributed by atoms with Crippen LogP contribution in [0.4, 0.5) is 4.79 Å². The summed E-state index contributed by atoms with van der Waals surface area (Å²) in [6.07, 6.45) is 1.94. The van der Waals surface area contributed by atoms with Crippen LogP contribution in [-0.2, 0) is 11.3 Å². The number of hydrogen-bond donors (Lipinski definition) is 1. The van der Waals surface area contributed by atoms with Gasteiger partial charge in [-0.1, -0.05) is 37.3 Å². The van der Waals surface area contributed by atoms with Crippen molar-refractivity contribution in [2.45, 2.75) is 32.4 Å². The number of rotatable bonds is 5. The Kier molecular flexibility index (Phi) is 5.21. The molecule has 1 aromatic rings. The van der Waals surface area contributed by atoms with Gasteiger partial charge in [-0.05, 0) is 24.9 Å². The number of ether oxygens (including phenoxy) is 1. The summed E-state index contributed by atoms with van der Waals surface area (Å²) in [6.45, 7) is 5.03. The second-order valence-corrected chi connectivity index (χ2v) is 4.84. The minimum atomic E-state index is -0.191. The summed E-state index contributed by atoms with van der Waals surface area (Å²) in [5, 5.41) is 3.30. The van der Waals surface area contributed by atoms with Crippen LogP contribution in [0.15, 0.2) is 30.3 Å². The van der Waals surface area contributed by atoms with E-state index in [-0.39, 0.29) is 12.1 Å². The molecule has 1 aliphatic rings. The van der Waals surface area contributed by atoms with Crippen molar-refractivity contribution in [3.63, 3.8) is 0 Å². The van der Waals surface area contributed by atoms with Gasteiger partial charge in [-0.25, -0.2) is 4.79 Å². The zero-order chi connectivity index (χ0) is 13.5. The number of hydrogen-bond acceptors (Lipinski definition) is 3. The molecule has 1 N–H and O–H groups in total. The Balaban J connectivity index is 1.82. The van der Waals surface area contributed by atoms with Crippen molar-refractivity contribution in [2.75, 3.05) is 19.6 Å². The summed E-state index contributed by atoms with van der Waals surface area (Å²) in [5.74, 6) is 0. The monoisotopic (exact) mass is 262 g/mol. The van der Waals surface area contributed by atoms with E-state index in [4.69, 9.17) is 4.74 Å². The highest BCUT2D eigenvalue weighted by Crippen LogP contribution is 2.18. The van der Waals surface area contributed by atoms with Crippen LogP contribution in [0.3, 0.4) is 0 Å². The van der Waals surface area contributed by atoms with Gasteiger partial charge < -0.3 is 15.0 Å². The number of carbonyl (C=O) groups is 1. The van der Waals surface area contributed by atoms with E-state index in [0.29, 0.717) is 6.61 Å². The summed E-state index contributed by atoms with van der Waals surface area (Å²) in [5.41, 5.74) is 1.03. The number of likely N-dealkylation sites (N-methyl/N-ethyl adjacent to an activating group) is 1. The molecule has 0 bridgehead atoms. The summed E-state index contributed by atoms with van der Waals surface area (Å²) in [6, 6.07) is 10.1. The second-order valence-electron chi connectivity index (χ2n) is 4.84. The Morgan fingerprint density at radius 3 is 2.95 bits per heavy atom. The largest absolute Gasteiger partial charge is 0.445 e. The van der Waals surface area contributed by atoms with E-state index in [1.165, 1.54) is 0 Å². The van der Waals surface area contributed by atoms with Crippen molar-refractivity contribution in [3.8, 4) is 0 Å². The van der Waals surface area contributed by atoms with Crippen LogP contribution in [0.25, 0.3) is 0 Å². The standard InChI is InChI=1S/C15H22N2O2/c1-2-16-11-14-9-6-10-17(14)15(18)19-12-13-7-4-3-5-8-13/h3-5,7-8,14,16H,2,6,9-12H2,1H3. The molecule has 0 aromatic heterocycles. The fourth-order valence-corrected chi connectivity index (χ4v) is 2.40. The lowest BCUT2D eigenvalue weighted by Gasteiger charge is -2.24. The Morgan fingerprint density at radius 2 is 2.21 bits per heavy atom. The van der Waals surface area contributed by atoms with Crippen LogP contribution in [0.1, 0.15) is 25.3 Å². The predicted octanol–water partition coefficient (Wildman–Crippen LogP) is 2.40. The molecule has 1 heterocycles. The van der Waals surface area contributed by atoms with Crippen LogP contribution in [0, 0.1) is 0 Å². The van der Waals surface area contributed by atoms with Gasteiger partial charge in [0.25, 0.3) is 0 Å². The van der Waals surface area contributed by atoms with E-state index < -0.39 is 0 Å². The first-order valence-corrected chi connectivity index (χ1v) is 6.99. The first kappa shape index (κ1) is 13.9. The smallest absolute Gasteiger partial charge is 0.410 e. The lowest BCUT2D eigenvalue weighted by Crippen LogP contribution is -2.41. The zero-order valence-electron chi connectivity index (χ0n) is 11.5. The molecule has 0 radical (unpaired) electrons. The van der Waals surface area contributed by atoms with E-state index >= 15 is 0 Å². The number of amides is 1. The maximum absolute atomic E-state index is 12.1. The van der Waals surface area contributed by atoms with Gasteiger partial charge in [0.1, 0.15) is 6.61 Å². The SMILES string of the molecule is CCNCC1CCCN1C(=O)OCc1ccccc1. The van der Waals surface area contributed by atoms with Crippen LogP contribution >= 0.6 is 0 Å². The fraction of sp³-hybridized carbons (Fsp3) is 0.533. The van der Waals surface area contributed by atoms with Crippen molar-refractivity contribution in [1.82, 2.24) is 10.2 Å².